The van der Waals surface area contributed by atoms with E-state index in [0.29, 0.717) is 53.9 Å². The second-order valence-electron chi connectivity index (χ2n) is 9.01. The largest absolute Gasteiger partial charge is 0.493 e. The molecule has 3 N–H and O–H groups in total. The van der Waals surface area contributed by atoms with Crippen LogP contribution in [-0.2, 0) is 11.3 Å². The van der Waals surface area contributed by atoms with Crippen LogP contribution < -0.4 is 29.7 Å². The van der Waals surface area contributed by atoms with E-state index in [0.717, 1.165) is 11.1 Å². The van der Waals surface area contributed by atoms with Crippen LogP contribution in [0.4, 0.5) is 5.82 Å². The molecule has 5 heterocycles. The Morgan fingerprint density at radius 2 is 1.92 bits per heavy atom. The van der Waals surface area contributed by atoms with Crippen molar-refractivity contribution in [3.63, 3.8) is 0 Å². The van der Waals surface area contributed by atoms with E-state index in [4.69, 9.17) is 14.2 Å². The topological polar surface area (TPSA) is 144 Å². The number of methoxy groups -OCH3 is 1. The zero-order valence-corrected chi connectivity index (χ0v) is 20.5. The Morgan fingerprint density at radius 3 is 2.76 bits per heavy atom. The minimum Gasteiger partial charge on any atom is -0.493 e. The molecule has 0 spiro atoms. The van der Waals surface area contributed by atoms with Gasteiger partial charge in [-0.1, -0.05) is 12.1 Å². The van der Waals surface area contributed by atoms with Crippen LogP contribution in [0.25, 0.3) is 11.2 Å². The smallest absolute Gasteiger partial charge is 0.258 e. The van der Waals surface area contributed by atoms with E-state index in [1.807, 2.05) is 29.2 Å². The number of fused-ring (bicyclic) bond motifs is 8. The fourth-order valence-electron chi connectivity index (χ4n) is 4.64. The van der Waals surface area contributed by atoms with Gasteiger partial charge in [-0.05, 0) is 35.9 Å². The van der Waals surface area contributed by atoms with E-state index in [1.165, 1.54) is 13.4 Å². The number of aromatic amines is 1. The third-order valence-corrected chi connectivity index (χ3v) is 6.57. The van der Waals surface area contributed by atoms with Gasteiger partial charge in [0.05, 0.1) is 26.0 Å². The lowest BCUT2D eigenvalue weighted by Crippen LogP contribution is -2.45. The number of H-pyrrole nitrogens is 1. The Labute approximate surface area is 217 Å². The van der Waals surface area contributed by atoms with Crippen molar-refractivity contribution < 1.29 is 23.8 Å². The van der Waals surface area contributed by atoms with Crippen molar-refractivity contribution in [1.82, 2.24) is 30.6 Å². The van der Waals surface area contributed by atoms with Crippen LogP contribution in [0.15, 0.2) is 55.1 Å². The number of aromatic nitrogens is 4. The third kappa shape index (κ3) is 4.63. The van der Waals surface area contributed by atoms with Crippen molar-refractivity contribution in [3.05, 3.63) is 66.2 Å². The minimum absolute atomic E-state index is 0.219. The van der Waals surface area contributed by atoms with Crippen LogP contribution in [0.1, 0.15) is 15.9 Å². The van der Waals surface area contributed by atoms with Gasteiger partial charge in [-0.15, -0.1) is 0 Å². The lowest BCUT2D eigenvalue weighted by molar-refractivity contribution is -0.123. The molecule has 38 heavy (non-hydrogen) atoms. The molecule has 1 fully saturated rings. The number of ether oxygens (including phenoxy) is 3. The molecule has 0 radical (unpaired) electrons. The Bertz CT molecular complexity index is 1490. The van der Waals surface area contributed by atoms with E-state index in [2.05, 4.69) is 30.6 Å². The molecule has 3 aliphatic heterocycles. The van der Waals surface area contributed by atoms with Crippen LogP contribution in [0.3, 0.4) is 0 Å². The lowest BCUT2D eigenvalue weighted by Gasteiger charge is -2.21. The van der Waals surface area contributed by atoms with Gasteiger partial charge in [-0.25, -0.2) is 15.0 Å². The van der Waals surface area contributed by atoms with E-state index < -0.39 is 0 Å². The van der Waals surface area contributed by atoms with Crippen LogP contribution >= 0.6 is 0 Å². The Kier molecular flexibility index (Phi) is 6.12. The number of imidazole rings is 1. The zero-order valence-electron chi connectivity index (χ0n) is 20.5. The Balaban J connectivity index is 1.34. The van der Waals surface area contributed by atoms with Gasteiger partial charge in [0.15, 0.2) is 29.6 Å². The number of hydrogen-bond donors (Lipinski definition) is 3. The number of anilines is 1. The van der Waals surface area contributed by atoms with Crippen molar-refractivity contribution in [2.24, 2.45) is 0 Å². The Morgan fingerprint density at radius 1 is 1.05 bits per heavy atom. The van der Waals surface area contributed by atoms with E-state index in [9.17, 15) is 9.59 Å². The fraction of sp³-hybridized carbons (Fsp3) is 0.269. The summed E-state index contributed by atoms with van der Waals surface area (Å²) in [6.07, 6.45) is 2.68. The second-order valence-corrected chi connectivity index (χ2v) is 9.01. The van der Waals surface area contributed by atoms with Crippen molar-refractivity contribution in [1.29, 1.82) is 0 Å². The summed E-state index contributed by atoms with van der Waals surface area (Å²) in [5.41, 5.74) is 2.56. The third-order valence-electron chi connectivity index (χ3n) is 6.57. The van der Waals surface area contributed by atoms with Gasteiger partial charge < -0.3 is 34.7 Å². The normalized spacial score (nSPS) is 19.7. The molecular weight excluding hydrogens is 490 g/mol. The van der Waals surface area contributed by atoms with Gasteiger partial charge in [0.2, 0.25) is 0 Å². The highest BCUT2D eigenvalue weighted by atomic mass is 16.5. The monoisotopic (exact) mass is 515 g/mol. The minimum atomic E-state index is -0.373. The summed E-state index contributed by atoms with van der Waals surface area (Å²) >= 11 is 0. The summed E-state index contributed by atoms with van der Waals surface area (Å²) < 4.78 is 17.4. The highest BCUT2D eigenvalue weighted by molar-refractivity contribution is 5.95. The molecule has 2 aromatic heterocycles. The molecule has 0 aliphatic carbocycles. The zero-order chi connectivity index (χ0) is 26.1. The summed E-state index contributed by atoms with van der Waals surface area (Å²) in [4.78, 5) is 43.7. The van der Waals surface area contributed by atoms with Crippen molar-refractivity contribution in [2.45, 2.75) is 18.7 Å². The number of rotatable bonds is 2. The molecule has 2 amide bonds. The van der Waals surface area contributed by atoms with Gasteiger partial charge in [0.1, 0.15) is 23.7 Å². The van der Waals surface area contributed by atoms with E-state index in [-0.39, 0.29) is 30.6 Å². The van der Waals surface area contributed by atoms with Gasteiger partial charge in [0.25, 0.3) is 11.8 Å². The molecule has 4 bridgehead atoms. The maximum absolute atomic E-state index is 13.4. The summed E-state index contributed by atoms with van der Waals surface area (Å²) in [5.74, 6) is 1.45. The van der Waals surface area contributed by atoms with Crippen LogP contribution in [0.5, 0.6) is 17.2 Å². The van der Waals surface area contributed by atoms with Crippen molar-refractivity contribution >= 4 is 28.8 Å². The molecule has 2 aromatic carbocycles. The van der Waals surface area contributed by atoms with Gasteiger partial charge in [0, 0.05) is 18.7 Å². The number of amides is 2. The number of benzene rings is 2. The molecule has 12 heteroatoms. The molecule has 12 nitrogen and oxygen atoms in total. The summed E-state index contributed by atoms with van der Waals surface area (Å²) in [6, 6.07) is 12.0. The first-order valence-electron chi connectivity index (χ1n) is 12.1. The van der Waals surface area contributed by atoms with E-state index >= 15 is 0 Å². The predicted molar refractivity (Wildman–Crippen MR) is 136 cm³/mol. The molecule has 2 atom stereocenters. The maximum Gasteiger partial charge on any atom is 0.258 e. The van der Waals surface area contributed by atoms with Crippen molar-refractivity contribution in [3.8, 4) is 17.2 Å². The van der Waals surface area contributed by atoms with E-state index in [1.54, 1.807) is 24.5 Å². The highest BCUT2D eigenvalue weighted by Crippen LogP contribution is 2.30. The second kappa shape index (κ2) is 9.88. The molecule has 4 aromatic rings. The first-order valence-corrected chi connectivity index (χ1v) is 12.1. The number of carbonyl (C=O) groups excluding carboxylic acids is 2. The average molecular weight is 516 g/mol. The molecule has 0 unspecified atom stereocenters. The molecule has 1 saturated heterocycles. The number of carbonyl (C=O) groups is 2. The molecule has 3 aliphatic rings. The first kappa shape index (κ1) is 23.5. The highest BCUT2D eigenvalue weighted by Gasteiger charge is 2.37. The summed E-state index contributed by atoms with van der Waals surface area (Å²) in [7, 11) is 1.50. The van der Waals surface area contributed by atoms with Gasteiger partial charge in [-0.2, -0.15) is 0 Å². The number of nitrogens with zero attached hydrogens (tertiary/aromatic N) is 4. The van der Waals surface area contributed by atoms with Crippen LogP contribution in [-0.4, -0.2) is 70.7 Å². The van der Waals surface area contributed by atoms with Gasteiger partial charge in [-0.3, -0.25) is 9.59 Å². The molecular formula is C26H25N7O5. The molecule has 194 valence electrons. The standard InChI is InChI=1S/C26H25N7O5/c1-36-19-7-4-16-8-20(19)37-12-22(34)27-9-15-2-5-17(6-3-15)38-21-11-33(10-18(21)32-26(16)35)25-23-24(29-13-28-23)30-14-31-25/h2-8,13-14,18,21H,9-12H2,1H3,(H,27,34)(H,32,35)(H,28,29,30,31)/t18-,21-/m0/s1. The van der Waals surface area contributed by atoms with Crippen LogP contribution in [0, 0.1) is 0 Å². The molecule has 7 rings (SSSR count). The summed E-state index contributed by atoms with van der Waals surface area (Å²) in [5, 5.41) is 5.94. The fourth-order valence-corrected chi connectivity index (χ4v) is 4.64. The van der Waals surface area contributed by atoms with Crippen LogP contribution in [0.2, 0.25) is 0 Å². The Hall–Kier alpha value is -4.87. The SMILES string of the molecule is COc1ccc2cc1OCC(=O)NCc1ccc(cc1)O[C@H]1CN(c3ncnc4nc[nH]c34)C[C@@H]1NC2=O. The lowest BCUT2D eigenvalue weighted by atomic mass is 10.1. The summed E-state index contributed by atoms with van der Waals surface area (Å²) in [6.45, 7) is 1.05. The van der Waals surface area contributed by atoms with Crippen molar-refractivity contribution in [2.75, 3.05) is 31.7 Å². The number of hydrogen-bond acceptors (Lipinski definition) is 9. The average Bonchev–Trinajstić information content (AvgIpc) is 3.58. The maximum atomic E-state index is 13.4. The van der Waals surface area contributed by atoms with Gasteiger partial charge >= 0.3 is 0 Å². The predicted octanol–water partition coefficient (Wildman–Crippen LogP) is 1.44. The first-order chi connectivity index (χ1) is 18.6. The molecule has 0 saturated carbocycles. The number of nitrogens with one attached hydrogen (secondary N) is 3. The quantitative estimate of drug-likeness (QED) is 0.361.